The van der Waals surface area contributed by atoms with Crippen LogP contribution < -0.4 is 5.32 Å². The van der Waals surface area contributed by atoms with Crippen molar-refractivity contribution in [2.45, 2.75) is 37.8 Å². The fraction of sp³-hybridized carbons (Fsp3) is 0.500. The third-order valence-corrected chi connectivity index (χ3v) is 4.41. The van der Waals surface area contributed by atoms with E-state index in [0.717, 1.165) is 0 Å². The maximum atomic E-state index is 5.00. The average Bonchev–Trinajstić information content (AvgIpc) is 2.38. The minimum Gasteiger partial charge on any atom is -0.361 e. The summed E-state index contributed by atoms with van der Waals surface area (Å²) in [6.07, 6.45) is 8.41. The van der Waals surface area contributed by atoms with E-state index >= 15 is 0 Å². The lowest BCUT2D eigenvalue weighted by Crippen LogP contribution is -2.41. The molecule has 3 rings (SSSR count). The molecule has 1 N–H and O–H groups in total. The van der Waals surface area contributed by atoms with Gasteiger partial charge in [0.1, 0.15) is 10.7 Å². The van der Waals surface area contributed by atoms with E-state index in [1.807, 2.05) is 0 Å². The van der Waals surface area contributed by atoms with E-state index in [0.29, 0.717) is 0 Å². The van der Waals surface area contributed by atoms with Crippen molar-refractivity contribution in [1.29, 1.82) is 0 Å². The van der Waals surface area contributed by atoms with Crippen LogP contribution in [0.15, 0.2) is 29.3 Å². The van der Waals surface area contributed by atoms with Crippen molar-refractivity contribution in [2.75, 3.05) is 11.6 Å². The van der Waals surface area contributed by atoms with Crippen LogP contribution in [-0.2, 0) is 0 Å². The van der Waals surface area contributed by atoms with Crippen molar-refractivity contribution in [3.8, 4) is 0 Å². The molecule has 90 valence electrons. The highest BCUT2D eigenvalue weighted by Crippen LogP contribution is 2.39. The summed E-state index contributed by atoms with van der Waals surface area (Å²) in [4.78, 5) is 5.00. The molecule has 1 saturated carbocycles. The number of rotatable bonds is 0. The Bertz CT molecular complexity index is 447. The first-order valence-electron chi connectivity index (χ1n) is 6.34. The highest BCUT2D eigenvalue weighted by Gasteiger charge is 2.35. The molecule has 1 aliphatic heterocycles. The zero-order chi connectivity index (χ0) is 11.7. The van der Waals surface area contributed by atoms with E-state index in [-0.39, 0.29) is 5.66 Å². The second-order valence-electron chi connectivity index (χ2n) is 4.88. The van der Waals surface area contributed by atoms with E-state index in [4.69, 9.17) is 4.99 Å². The molecule has 0 saturated heterocycles. The van der Waals surface area contributed by atoms with Crippen LogP contribution >= 0.6 is 11.8 Å². The number of para-hydroxylation sites is 1. The average molecular weight is 246 g/mol. The minimum absolute atomic E-state index is 0.00898. The zero-order valence-electron chi connectivity index (χ0n) is 10.2. The molecular weight excluding hydrogens is 228 g/mol. The summed E-state index contributed by atoms with van der Waals surface area (Å²) in [5.74, 6) is 0. The van der Waals surface area contributed by atoms with Crippen LogP contribution in [0.2, 0.25) is 0 Å². The predicted octanol–water partition coefficient (Wildman–Crippen LogP) is 3.88. The summed E-state index contributed by atoms with van der Waals surface area (Å²) in [5, 5.41) is 4.87. The number of nitrogens with one attached hydrogen (secondary N) is 1. The topological polar surface area (TPSA) is 24.4 Å². The van der Waals surface area contributed by atoms with Crippen LogP contribution in [-0.4, -0.2) is 17.0 Å². The molecule has 17 heavy (non-hydrogen) atoms. The fourth-order valence-electron chi connectivity index (χ4n) is 2.84. The molecule has 1 aromatic carbocycles. The molecule has 0 amide bonds. The Morgan fingerprint density at radius 3 is 2.71 bits per heavy atom. The van der Waals surface area contributed by atoms with Gasteiger partial charge in [-0.2, -0.15) is 0 Å². The number of hydrogen-bond acceptors (Lipinski definition) is 3. The SMILES string of the molecule is CSC1=NC2(CCCCC2)Nc2ccccc21. The Morgan fingerprint density at radius 1 is 1.18 bits per heavy atom. The van der Waals surface area contributed by atoms with E-state index in [1.165, 1.54) is 48.4 Å². The van der Waals surface area contributed by atoms with Crippen LogP contribution in [0.1, 0.15) is 37.7 Å². The molecular formula is C14H18N2S. The van der Waals surface area contributed by atoms with Crippen molar-refractivity contribution in [3.05, 3.63) is 29.8 Å². The van der Waals surface area contributed by atoms with Crippen molar-refractivity contribution >= 4 is 22.5 Å². The van der Waals surface area contributed by atoms with Gasteiger partial charge in [0.05, 0.1) is 0 Å². The third-order valence-electron chi connectivity index (χ3n) is 3.71. The first-order valence-corrected chi connectivity index (χ1v) is 7.57. The number of thioether (sulfide) groups is 1. The van der Waals surface area contributed by atoms with E-state index in [1.54, 1.807) is 11.8 Å². The first-order chi connectivity index (χ1) is 8.33. The van der Waals surface area contributed by atoms with Gasteiger partial charge in [-0.25, -0.2) is 0 Å². The molecule has 2 aliphatic rings. The van der Waals surface area contributed by atoms with Gasteiger partial charge in [0.15, 0.2) is 0 Å². The lowest BCUT2D eigenvalue weighted by atomic mass is 9.88. The predicted molar refractivity (Wildman–Crippen MR) is 75.9 cm³/mol. The number of aliphatic imine (C=N–C) groups is 1. The number of nitrogens with zero attached hydrogens (tertiary/aromatic N) is 1. The normalized spacial score (nSPS) is 21.6. The van der Waals surface area contributed by atoms with Crippen molar-refractivity contribution in [3.63, 3.8) is 0 Å². The molecule has 2 nitrogen and oxygen atoms in total. The quantitative estimate of drug-likeness (QED) is 0.751. The lowest BCUT2D eigenvalue weighted by Gasteiger charge is -2.39. The van der Waals surface area contributed by atoms with Gasteiger partial charge in [-0.15, -0.1) is 11.8 Å². The summed E-state index contributed by atoms with van der Waals surface area (Å²) in [5.41, 5.74) is 2.51. The molecule has 0 bridgehead atoms. The van der Waals surface area contributed by atoms with Crippen molar-refractivity contribution in [1.82, 2.24) is 0 Å². The highest BCUT2D eigenvalue weighted by atomic mass is 32.2. The molecule has 0 atom stereocenters. The molecule has 1 spiro atoms. The molecule has 1 fully saturated rings. The molecule has 0 unspecified atom stereocenters. The highest BCUT2D eigenvalue weighted by molar-refractivity contribution is 8.13. The smallest absolute Gasteiger partial charge is 0.130 e. The van der Waals surface area contributed by atoms with Crippen LogP contribution in [0.4, 0.5) is 5.69 Å². The summed E-state index contributed by atoms with van der Waals surface area (Å²) < 4.78 is 0. The Labute approximate surface area is 107 Å². The molecule has 1 heterocycles. The number of hydrogen-bond donors (Lipinski definition) is 1. The summed E-state index contributed by atoms with van der Waals surface area (Å²) in [7, 11) is 0. The maximum Gasteiger partial charge on any atom is 0.130 e. The fourth-order valence-corrected chi connectivity index (χ4v) is 3.50. The minimum atomic E-state index is -0.00898. The summed E-state index contributed by atoms with van der Waals surface area (Å²) in [6, 6.07) is 8.53. The molecule has 3 heteroatoms. The zero-order valence-corrected chi connectivity index (χ0v) is 11.0. The van der Waals surface area contributed by atoms with Gasteiger partial charge in [0.25, 0.3) is 0 Å². The monoisotopic (exact) mass is 246 g/mol. The maximum absolute atomic E-state index is 5.00. The van der Waals surface area contributed by atoms with E-state index < -0.39 is 0 Å². The summed E-state index contributed by atoms with van der Waals surface area (Å²) in [6.45, 7) is 0. The lowest BCUT2D eigenvalue weighted by molar-refractivity contribution is 0.335. The van der Waals surface area contributed by atoms with Crippen molar-refractivity contribution in [2.24, 2.45) is 4.99 Å². The van der Waals surface area contributed by atoms with E-state index in [2.05, 4.69) is 35.8 Å². The Hall–Kier alpha value is -0.960. The van der Waals surface area contributed by atoms with Gasteiger partial charge < -0.3 is 5.32 Å². The van der Waals surface area contributed by atoms with Gasteiger partial charge in [-0.1, -0.05) is 24.6 Å². The van der Waals surface area contributed by atoms with Gasteiger partial charge >= 0.3 is 0 Å². The molecule has 1 aliphatic carbocycles. The number of benzene rings is 1. The van der Waals surface area contributed by atoms with Crippen LogP contribution in [0, 0.1) is 0 Å². The number of fused-ring (bicyclic) bond motifs is 1. The largest absolute Gasteiger partial charge is 0.361 e. The van der Waals surface area contributed by atoms with Crippen molar-refractivity contribution < 1.29 is 0 Å². The standard InChI is InChI=1S/C14H18N2S/c1-17-13-11-7-3-4-8-12(11)15-14(16-13)9-5-2-6-10-14/h3-4,7-8,15H,2,5-6,9-10H2,1H3. The van der Waals surface area contributed by atoms with Gasteiger partial charge in [-0.3, -0.25) is 4.99 Å². The van der Waals surface area contributed by atoms with Crippen LogP contribution in [0.3, 0.4) is 0 Å². The summed E-state index contributed by atoms with van der Waals surface area (Å²) >= 11 is 1.77. The van der Waals surface area contributed by atoms with Gasteiger partial charge in [0, 0.05) is 11.3 Å². The van der Waals surface area contributed by atoms with Gasteiger partial charge in [0.2, 0.25) is 0 Å². The first kappa shape index (κ1) is 11.1. The molecule has 0 radical (unpaired) electrons. The Kier molecular flexibility index (Phi) is 2.87. The van der Waals surface area contributed by atoms with Crippen LogP contribution in [0.5, 0.6) is 0 Å². The van der Waals surface area contributed by atoms with Gasteiger partial charge in [-0.05, 0) is 38.0 Å². The third kappa shape index (κ3) is 1.97. The number of anilines is 1. The Balaban J connectivity index is 2.03. The Morgan fingerprint density at radius 2 is 1.94 bits per heavy atom. The molecule has 1 aromatic rings. The van der Waals surface area contributed by atoms with E-state index in [9.17, 15) is 0 Å². The second kappa shape index (κ2) is 4.37. The second-order valence-corrected chi connectivity index (χ2v) is 5.68. The molecule has 0 aromatic heterocycles. The van der Waals surface area contributed by atoms with Crippen LogP contribution in [0.25, 0.3) is 0 Å².